The van der Waals surface area contributed by atoms with Crippen LogP contribution in [0.3, 0.4) is 0 Å². The van der Waals surface area contributed by atoms with Crippen molar-refractivity contribution in [2.24, 2.45) is 5.11 Å². The average molecular weight is 263 g/mol. The number of hydrogen-bond donors (Lipinski definition) is 0. The van der Waals surface area contributed by atoms with Gasteiger partial charge in [0.15, 0.2) is 0 Å². The predicted octanol–water partition coefficient (Wildman–Crippen LogP) is 3.35. The number of nitrogens with zero attached hydrogens (tertiary/aromatic N) is 5. The summed E-state index contributed by atoms with van der Waals surface area (Å²) in [7, 11) is 0. The maximum atomic E-state index is 12.0. The van der Waals surface area contributed by atoms with Crippen molar-refractivity contribution >= 4 is 6.09 Å². The zero-order valence-corrected chi connectivity index (χ0v) is 11.3. The molecule has 2 rings (SSSR count). The third-order valence-corrected chi connectivity index (χ3v) is 2.91. The van der Waals surface area contributed by atoms with Gasteiger partial charge in [-0.1, -0.05) is 5.11 Å². The standard InChI is InChI=1S/C12H17N5O2/c1-12(2,3)19-11(18)17-10-6-4-5-9(15-16-13)8(10)7-14-17/h7,9H,4-6H2,1-3H3. The molecular weight excluding hydrogens is 246 g/mol. The maximum absolute atomic E-state index is 12.0. The first-order chi connectivity index (χ1) is 8.92. The van der Waals surface area contributed by atoms with Crippen LogP contribution in [-0.4, -0.2) is 21.5 Å². The predicted molar refractivity (Wildman–Crippen MR) is 68.7 cm³/mol. The van der Waals surface area contributed by atoms with Crippen molar-refractivity contribution in [1.82, 2.24) is 9.78 Å². The highest BCUT2D eigenvalue weighted by molar-refractivity contribution is 5.71. The molecule has 7 heteroatoms. The molecule has 0 aromatic carbocycles. The zero-order valence-electron chi connectivity index (χ0n) is 11.3. The van der Waals surface area contributed by atoms with Gasteiger partial charge < -0.3 is 4.74 Å². The quantitative estimate of drug-likeness (QED) is 0.441. The minimum absolute atomic E-state index is 0.232. The van der Waals surface area contributed by atoms with Crippen molar-refractivity contribution in [1.29, 1.82) is 0 Å². The smallest absolute Gasteiger partial charge is 0.435 e. The van der Waals surface area contributed by atoms with Gasteiger partial charge in [0.1, 0.15) is 5.60 Å². The highest BCUT2D eigenvalue weighted by Gasteiger charge is 2.27. The molecule has 1 atom stereocenters. The van der Waals surface area contributed by atoms with Crippen LogP contribution in [0.1, 0.15) is 50.9 Å². The summed E-state index contributed by atoms with van der Waals surface area (Å²) in [6, 6.07) is -0.232. The Morgan fingerprint density at radius 1 is 1.63 bits per heavy atom. The van der Waals surface area contributed by atoms with Crippen LogP contribution in [0.5, 0.6) is 0 Å². The average Bonchev–Trinajstić information content (AvgIpc) is 2.72. The van der Waals surface area contributed by atoms with Crippen LogP contribution in [0.2, 0.25) is 0 Å². The van der Waals surface area contributed by atoms with Crippen molar-refractivity contribution < 1.29 is 9.53 Å². The molecule has 102 valence electrons. The molecule has 0 fully saturated rings. The van der Waals surface area contributed by atoms with E-state index in [9.17, 15) is 4.79 Å². The molecule has 1 aliphatic rings. The first-order valence-electron chi connectivity index (χ1n) is 6.27. The van der Waals surface area contributed by atoms with Gasteiger partial charge in [-0.25, -0.2) is 4.79 Å². The van der Waals surface area contributed by atoms with E-state index in [1.165, 1.54) is 4.68 Å². The number of azide groups is 1. The highest BCUT2D eigenvalue weighted by Crippen LogP contribution is 2.32. The summed E-state index contributed by atoms with van der Waals surface area (Å²) in [5, 5.41) is 7.82. The molecule has 0 saturated heterocycles. The lowest BCUT2D eigenvalue weighted by Crippen LogP contribution is -2.29. The van der Waals surface area contributed by atoms with Crippen molar-refractivity contribution in [3.63, 3.8) is 0 Å². The minimum atomic E-state index is -0.561. The Balaban J connectivity index is 2.30. The lowest BCUT2D eigenvalue weighted by Gasteiger charge is -2.22. The second-order valence-corrected chi connectivity index (χ2v) is 5.55. The molecule has 1 aromatic rings. The van der Waals surface area contributed by atoms with Gasteiger partial charge in [0.25, 0.3) is 0 Å². The van der Waals surface area contributed by atoms with E-state index in [4.69, 9.17) is 10.3 Å². The summed E-state index contributed by atoms with van der Waals surface area (Å²) in [5.41, 5.74) is 9.61. The fraction of sp³-hybridized carbons (Fsp3) is 0.667. The van der Waals surface area contributed by atoms with Gasteiger partial charge in [0.2, 0.25) is 0 Å². The van der Waals surface area contributed by atoms with E-state index in [0.29, 0.717) is 0 Å². The van der Waals surface area contributed by atoms with Gasteiger partial charge >= 0.3 is 6.09 Å². The van der Waals surface area contributed by atoms with Gasteiger partial charge in [-0.15, -0.1) is 0 Å². The Morgan fingerprint density at radius 2 is 2.37 bits per heavy atom. The van der Waals surface area contributed by atoms with E-state index in [2.05, 4.69) is 15.1 Å². The Morgan fingerprint density at radius 3 is 3.00 bits per heavy atom. The lowest BCUT2D eigenvalue weighted by molar-refractivity contribution is 0.0508. The first kappa shape index (κ1) is 13.4. The lowest BCUT2D eigenvalue weighted by atomic mass is 9.94. The first-order valence-corrected chi connectivity index (χ1v) is 6.27. The van der Waals surface area contributed by atoms with Crippen LogP contribution in [0.15, 0.2) is 11.3 Å². The fourth-order valence-electron chi connectivity index (χ4n) is 2.18. The molecule has 1 aromatic heterocycles. The molecule has 0 bridgehead atoms. The highest BCUT2D eigenvalue weighted by atomic mass is 16.6. The minimum Gasteiger partial charge on any atom is -0.442 e. The van der Waals surface area contributed by atoms with E-state index in [1.807, 2.05) is 20.8 Å². The largest absolute Gasteiger partial charge is 0.442 e. The molecular formula is C12H17N5O2. The number of aromatic nitrogens is 2. The summed E-state index contributed by atoms with van der Waals surface area (Å²) >= 11 is 0. The summed E-state index contributed by atoms with van der Waals surface area (Å²) in [5.74, 6) is 0. The second kappa shape index (κ2) is 4.93. The van der Waals surface area contributed by atoms with E-state index >= 15 is 0 Å². The van der Waals surface area contributed by atoms with Crippen LogP contribution in [0.25, 0.3) is 10.4 Å². The molecule has 0 saturated carbocycles. The van der Waals surface area contributed by atoms with Crippen LogP contribution in [-0.2, 0) is 11.2 Å². The summed E-state index contributed by atoms with van der Waals surface area (Å²) in [4.78, 5) is 14.9. The molecule has 0 amide bonds. The molecule has 1 aliphatic carbocycles. The number of rotatable bonds is 1. The third-order valence-electron chi connectivity index (χ3n) is 2.91. The summed E-state index contributed by atoms with van der Waals surface area (Å²) in [6.45, 7) is 5.43. The van der Waals surface area contributed by atoms with Crippen molar-refractivity contribution in [2.45, 2.75) is 51.7 Å². The number of hydrogen-bond acceptors (Lipinski definition) is 4. The van der Waals surface area contributed by atoms with Crippen LogP contribution in [0, 0.1) is 0 Å². The van der Waals surface area contributed by atoms with Gasteiger partial charge in [0.05, 0.1) is 17.9 Å². The Kier molecular flexibility index (Phi) is 3.48. The van der Waals surface area contributed by atoms with E-state index < -0.39 is 11.7 Å². The van der Waals surface area contributed by atoms with Crippen LogP contribution >= 0.6 is 0 Å². The van der Waals surface area contributed by atoms with Gasteiger partial charge in [-0.3, -0.25) is 0 Å². The molecule has 0 N–H and O–H groups in total. The van der Waals surface area contributed by atoms with Crippen molar-refractivity contribution in [3.05, 3.63) is 27.9 Å². The Hall–Kier alpha value is -2.01. The van der Waals surface area contributed by atoms with Crippen LogP contribution in [0.4, 0.5) is 4.79 Å². The van der Waals surface area contributed by atoms with Crippen molar-refractivity contribution in [3.8, 4) is 0 Å². The third kappa shape index (κ3) is 2.88. The van der Waals surface area contributed by atoms with Gasteiger partial charge in [-0.2, -0.15) is 9.78 Å². The normalized spacial score (nSPS) is 18.4. The monoisotopic (exact) mass is 263 g/mol. The molecule has 1 heterocycles. The number of ether oxygens (including phenoxy) is 1. The number of fused-ring (bicyclic) bond motifs is 1. The SMILES string of the molecule is CC(C)(C)OC(=O)n1ncc2c1CCCC2N=[N+]=[N-]. The zero-order chi connectivity index (χ0) is 14.0. The van der Waals surface area contributed by atoms with E-state index in [0.717, 1.165) is 30.5 Å². The molecule has 1 unspecified atom stereocenters. The van der Waals surface area contributed by atoms with Gasteiger partial charge in [-0.05, 0) is 45.6 Å². The molecule has 7 nitrogen and oxygen atoms in total. The topological polar surface area (TPSA) is 92.9 Å². The number of carbonyl (C=O) groups is 1. The summed E-state index contributed by atoms with van der Waals surface area (Å²) < 4.78 is 6.58. The molecule has 0 aliphatic heterocycles. The number of carbonyl (C=O) groups excluding carboxylic acids is 1. The van der Waals surface area contributed by atoms with E-state index in [1.54, 1.807) is 6.20 Å². The van der Waals surface area contributed by atoms with E-state index in [-0.39, 0.29) is 6.04 Å². The van der Waals surface area contributed by atoms with Crippen molar-refractivity contribution in [2.75, 3.05) is 0 Å². The second-order valence-electron chi connectivity index (χ2n) is 5.55. The fourth-order valence-corrected chi connectivity index (χ4v) is 2.18. The summed E-state index contributed by atoms with van der Waals surface area (Å²) in [6.07, 6.45) is 3.50. The van der Waals surface area contributed by atoms with Gasteiger partial charge in [0, 0.05) is 10.5 Å². The Labute approximate surface area is 111 Å². The Bertz CT molecular complexity index is 537. The molecule has 0 spiro atoms. The van der Waals surface area contributed by atoms with Crippen LogP contribution < -0.4 is 0 Å². The maximum Gasteiger partial charge on any atom is 0.435 e. The molecule has 19 heavy (non-hydrogen) atoms. The molecule has 0 radical (unpaired) electrons.